The van der Waals surface area contributed by atoms with Crippen molar-refractivity contribution in [1.29, 1.82) is 0 Å². The molecule has 0 radical (unpaired) electrons. The molecule has 2 aromatic heterocycles. The summed E-state index contributed by atoms with van der Waals surface area (Å²) in [5.41, 5.74) is 2.58. The van der Waals surface area contributed by atoms with Crippen LogP contribution >= 0.6 is 34.3 Å². The van der Waals surface area contributed by atoms with E-state index >= 15 is 0 Å². The van der Waals surface area contributed by atoms with Gasteiger partial charge in [0.05, 0.1) is 0 Å². The van der Waals surface area contributed by atoms with E-state index in [9.17, 15) is 0 Å². The lowest BCUT2D eigenvalue weighted by atomic mass is 10.1. The Labute approximate surface area is 126 Å². The van der Waals surface area contributed by atoms with Crippen LogP contribution in [0, 0.1) is 13.8 Å². The summed E-state index contributed by atoms with van der Waals surface area (Å²) in [4.78, 5) is 5.40. The predicted octanol–water partition coefficient (Wildman–Crippen LogP) is 6.41. The number of aryl methyl sites for hydroxylation is 2. The van der Waals surface area contributed by atoms with Crippen LogP contribution in [0.15, 0.2) is 42.5 Å². The van der Waals surface area contributed by atoms with Crippen LogP contribution < -0.4 is 0 Å². The van der Waals surface area contributed by atoms with Crippen molar-refractivity contribution in [2.75, 3.05) is 0 Å². The van der Waals surface area contributed by atoms with Crippen LogP contribution in [0.25, 0.3) is 20.2 Å². The minimum Gasteiger partial charge on any atom is -0.140 e. The van der Waals surface area contributed by atoms with Gasteiger partial charge in [-0.2, -0.15) is 0 Å². The molecule has 0 nitrogen and oxygen atoms in total. The molecule has 96 valence electrons. The third-order valence-electron chi connectivity index (χ3n) is 3.01. The summed E-state index contributed by atoms with van der Waals surface area (Å²) in [5.74, 6) is 0. The van der Waals surface area contributed by atoms with E-state index in [0.717, 1.165) is 5.02 Å². The maximum atomic E-state index is 5.94. The standard InChI is InChI=1S/C16H13ClS2/c1-10-9-15(12-4-6-13(17)7-5-12)19-16(10)14-8-3-11(2)18-14/h3-9H,1-2H3. The largest absolute Gasteiger partial charge is 0.140 e. The van der Waals surface area contributed by atoms with Gasteiger partial charge >= 0.3 is 0 Å². The third-order valence-corrected chi connectivity index (χ3v) is 5.73. The van der Waals surface area contributed by atoms with Crippen LogP contribution in [0.4, 0.5) is 0 Å². The number of hydrogen-bond donors (Lipinski definition) is 0. The molecule has 2 heterocycles. The van der Waals surface area contributed by atoms with E-state index in [0.29, 0.717) is 0 Å². The van der Waals surface area contributed by atoms with Crippen molar-refractivity contribution >= 4 is 34.3 Å². The van der Waals surface area contributed by atoms with E-state index in [2.05, 4.69) is 44.2 Å². The zero-order valence-corrected chi connectivity index (χ0v) is 13.1. The molecule has 0 aliphatic carbocycles. The van der Waals surface area contributed by atoms with Gasteiger partial charge in [-0.3, -0.25) is 0 Å². The van der Waals surface area contributed by atoms with E-state index in [1.807, 2.05) is 34.8 Å². The summed E-state index contributed by atoms with van der Waals surface area (Å²) in [5, 5.41) is 0.783. The zero-order chi connectivity index (χ0) is 13.4. The van der Waals surface area contributed by atoms with E-state index in [4.69, 9.17) is 11.6 Å². The van der Waals surface area contributed by atoms with Crippen LogP contribution in [0.3, 0.4) is 0 Å². The van der Waals surface area contributed by atoms with Gasteiger partial charge in [0.2, 0.25) is 0 Å². The van der Waals surface area contributed by atoms with Gasteiger partial charge in [-0.05, 0) is 55.3 Å². The van der Waals surface area contributed by atoms with Crippen molar-refractivity contribution in [3.63, 3.8) is 0 Å². The van der Waals surface area contributed by atoms with Crippen molar-refractivity contribution in [3.8, 4) is 20.2 Å². The van der Waals surface area contributed by atoms with Crippen molar-refractivity contribution in [2.45, 2.75) is 13.8 Å². The highest BCUT2D eigenvalue weighted by Gasteiger charge is 2.10. The molecule has 3 heteroatoms. The first-order chi connectivity index (χ1) is 9.13. The quantitative estimate of drug-likeness (QED) is 0.513. The number of rotatable bonds is 2. The van der Waals surface area contributed by atoms with Crippen molar-refractivity contribution < 1.29 is 0 Å². The van der Waals surface area contributed by atoms with Crippen molar-refractivity contribution in [1.82, 2.24) is 0 Å². The summed E-state index contributed by atoms with van der Waals surface area (Å²) < 4.78 is 0. The molecule has 0 fully saturated rings. The fourth-order valence-corrected chi connectivity index (χ4v) is 4.39. The highest BCUT2D eigenvalue weighted by molar-refractivity contribution is 7.24. The Morgan fingerprint density at radius 2 is 1.58 bits per heavy atom. The molecule has 0 N–H and O–H groups in total. The lowest BCUT2D eigenvalue weighted by Crippen LogP contribution is -1.70. The Hall–Kier alpha value is -1.09. The van der Waals surface area contributed by atoms with E-state index in [-0.39, 0.29) is 0 Å². The van der Waals surface area contributed by atoms with E-state index in [1.165, 1.54) is 30.6 Å². The molecule has 0 aliphatic rings. The van der Waals surface area contributed by atoms with E-state index in [1.54, 1.807) is 0 Å². The van der Waals surface area contributed by atoms with Gasteiger partial charge < -0.3 is 0 Å². The molecule has 0 unspecified atom stereocenters. The van der Waals surface area contributed by atoms with Gasteiger partial charge in [0, 0.05) is 24.5 Å². The first-order valence-electron chi connectivity index (χ1n) is 6.06. The molecule has 0 bridgehead atoms. The summed E-state index contributed by atoms with van der Waals surface area (Å²) in [6, 6.07) is 14.7. The SMILES string of the molecule is Cc1ccc(-c2sc(-c3ccc(Cl)cc3)cc2C)s1. The highest BCUT2D eigenvalue weighted by atomic mass is 35.5. The number of benzene rings is 1. The van der Waals surface area contributed by atoms with Crippen LogP contribution in [0.5, 0.6) is 0 Å². The summed E-state index contributed by atoms with van der Waals surface area (Å²) in [6.07, 6.45) is 0. The Morgan fingerprint density at radius 3 is 2.21 bits per heavy atom. The van der Waals surface area contributed by atoms with Gasteiger partial charge in [-0.1, -0.05) is 23.7 Å². The number of halogens is 1. The molecule has 0 spiro atoms. The Balaban J connectivity index is 2.04. The third kappa shape index (κ3) is 2.62. The number of hydrogen-bond acceptors (Lipinski definition) is 2. The first-order valence-corrected chi connectivity index (χ1v) is 8.08. The normalized spacial score (nSPS) is 10.9. The van der Waals surface area contributed by atoms with Crippen LogP contribution in [0.2, 0.25) is 5.02 Å². The van der Waals surface area contributed by atoms with E-state index < -0.39 is 0 Å². The molecule has 0 aliphatic heterocycles. The fourth-order valence-electron chi connectivity index (χ4n) is 2.04. The predicted molar refractivity (Wildman–Crippen MR) is 87.6 cm³/mol. The molecular weight excluding hydrogens is 292 g/mol. The maximum absolute atomic E-state index is 5.94. The Morgan fingerprint density at radius 1 is 0.842 bits per heavy atom. The molecule has 0 saturated carbocycles. The van der Waals surface area contributed by atoms with Crippen molar-refractivity contribution in [2.24, 2.45) is 0 Å². The lowest BCUT2D eigenvalue weighted by molar-refractivity contribution is 1.55. The Kier molecular flexibility index (Phi) is 3.48. The van der Waals surface area contributed by atoms with Gasteiger partial charge in [0.25, 0.3) is 0 Å². The molecule has 0 saturated heterocycles. The number of thiophene rings is 2. The molecule has 0 amide bonds. The van der Waals surface area contributed by atoms with Crippen LogP contribution in [0.1, 0.15) is 10.4 Å². The molecule has 3 aromatic rings. The van der Waals surface area contributed by atoms with Crippen LogP contribution in [-0.4, -0.2) is 0 Å². The minimum atomic E-state index is 0.783. The lowest BCUT2D eigenvalue weighted by Gasteiger charge is -1.96. The second-order valence-electron chi connectivity index (χ2n) is 4.54. The Bertz CT molecular complexity index is 705. The van der Waals surface area contributed by atoms with Crippen LogP contribution in [-0.2, 0) is 0 Å². The zero-order valence-electron chi connectivity index (χ0n) is 10.7. The maximum Gasteiger partial charge on any atom is 0.0478 e. The smallest absolute Gasteiger partial charge is 0.0478 e. The van der Waals surface area contributed by atoms with Crippen molar-refractivity contribution in [3.05, 3.63) is 57.9 Å². The van der Waals surface area contributed by atoms with Gasteiger partial charge in [0.15, 0.2) is 0 Å². The summed E-state index contributed by atoms with van der Waals surface area (Å²) >= 11 is 9.65. The molecular formula is C16H13ClS2. The summed E-state index contributed by atoms with van der Waals surface area (Å²) in [6.45, 7) is 4.33. The first kappa shape index (κ1) is 12.9. The second kappa shape index (κ2) is 5.12. The molecule has 19 heavy (non-hydrogen) atoms. The summed E-state index contributed by atoms with van der Waals surface area (Å²) in [7, 11) is 0. The minimum absolute atomic E-state index is 0.783. The molecule has 1 aromatic carbocycles. The second-order valence-corrected chi connectivity index (χ2v) is 7.32. The highest BCUT2D eigenvalue weighted by Crippen LogP contribution is 2.40. The monoisotopic (exact) mass is 304 g/mol. The van der Waals surface area contributed by atoms with Gasteiger partial charge in [-0.15, -0.1) is 22.7 Å². The molecule has 0 atom stereocenters. The average molecular weight is 305 g/mol. The van der Waals surface area contributed by atoms with Gasteiger partial charge in [-0.25, -0.2) is 0 Å². The fraction of sp³-hybridized carbons (Fsp3) is 0.125. The topological polar surface area (TPSA) is 0 Å². The molecule has 3 rings (SSSR count). The van der Waals surface area contributed by atoms with Gasteiger partial charge in [0.1, 0.15) is 0 Å². The average Bonchev–Trinajstić information content (AvgIpc) is 2.96.